The van der Waals surface area contributed by atoms with Crippen LogP contribution in [0.4, 0.5) is 0 Å². The highest BCUT2D eigenvalue weighted by Crippen LogP contribution is 2.33. The fourth-order valence-corrected chi connectivity index (χ4v) is 3.51. The number of hydrogen-bond acceptors (Lipinski definition) is 1. The molecule has 0 saturated heterocycles. The topological polar surface area (TPSA) is 26.0 Å². The van der Waals surface area contributed by atoms with E-state index in [4.69, 9.17) is 5.73 Å². The van der Waals surface area contributed by atoms with Crippen LogP contribution in [0.1, 0.15) is 44.6 Å². The molecule has 3 unspecified atom stereocenters. The smallest absolute Gasteiger partial charge is 0.0130 e. The van der Waals surface area contributed by atoms with E-state index in [1.54, 1.807) is 0 Å². The van der Waals surface area contributed by atoms with Crippen LogP contribution in [0.25, 0.3) is 0 Å². The zero-order chi connectivity index (χ0) is 13.0. The van der Waals surface area contributed by atoms with E-state index in [0.29, 0.717) is 6.04 Å². The average molecular weight is 357 g/mol. The first kappa shape index (κ1) is 14.3. The maximum atomic E-state index is 6.43. The zero-order valence-electron chi connectivity index (χ0n) is 11.2. The normalized spacial score (nSPS) is 25.9. The molecule has 1 aromatic rings. The fourth-order valence-electron chi connectivity index (χ4n) is 3.15. The summed E-state index contributed by atoms with van der Waals surface area (Å²) < 4.78 is 1.30. The zero-order valence-corrected chi connectivity index (χ0v) is 13.4. The summed E-state index contributed by atoms with van der Waals surface area (Å²) in [5.41, 5.74) is 7.82. The molecule has 3 atom stereocenters. The molecule has 2 rings (SSSR count). The third-order valence-electron chi connectivity index (χ3n) is 4.39. The number of rotatable bonds is 4. The second-order valence-electron chi connectivity index (χ2n) is 5.70. The maximum absolute atomic E-state index is 6.43. The average Bonchev–Trinajstić information content (AvgIpc) is 2.41. The molecule has 1 aromatic carbocycles. The maximum Gasteiger partial charge on any atom is 0.0130 e. The Labute approximate surface area is 125 Å². The van der Waals surface area contributed by atoms with E-state index in [0.717, 1.165) is 18.3 Å². The first-order chi connectivity index (χ1) is 8.69. The Morgan fingerprint density at radius 1 is 1.28 bits per heavy atom. The van der Waals surface area contributed by atoms with Crippen LogP contribution in [0.3, 0.4) is 0 Å². The molecule has 0 spiro atoms. The summed E-state index contributed by atoms with van der Waals surface area (Å²) in [4.78, 5) is 0. The van der Waals surface area contributed by atoms with Gasteiger partial charge in [0.15, 0.2) is 0 Å². The molecule has 1 aliphatic rings. The van der Waals surface area contributed by atoms with E-state index in [2.05, 4.69) is 53.8 Å². The van der Waals surface area contributed by atoms with Gasteiger partial charge >= 0.3 is 0 Å². The molecule has 2 heteroatoms. The van der Waals surface area contributed by atoms with Crippen molar-refractivity contribution in [1.29, 1.82) is 0 Å². The van der Waals surface area contributed by atoms with Crippen molar-refractivity contribution in [2.75, 3.05) is 0 Å². The van der Waals surface area contributed by atoms with Gasteiger partial charge in [0, 0.05) is 9.61 Å². The summed E-state index contributed by atoms with van der Waals surface area (Å²) in [7, 11) is 0. The Bertz CT molecular complexity index is 360. The van der Waals surface area contributed by atoms with Gasteiger partial charge in [-0.3, -0.25) is 0 Å². The van der Waals surface area contributed by atoms with Gasteiger partial charge in [0.25, 0.3) is 0 Å². The Morgan fingerprint density at radius 2 is 2.00 bits per heavy atom. The largest absolute Gasteiger partial charge is 0.327 e. The lowest BCUT2D eigenvalue weighted by atomic mass is 9.76. The van der Waals surface area contributed by atoms with Crippen molar-refractivity contribution < 1.29 is 0 Å². The van der Waals surface area contributed by atoms with Crippen molar-refractivity contribution in [3.63, 3.8) is 0 Å². The molecule has 0 heterocycles. The summed E-state index contributed by atoms with van der Waals surface area (Å²) in [6, 6.07) is 9.15. The number of hydrogen-bond donors (Lipinski definition) is 1. The molecule has 0 radical (unpaired) electrons. The van der Waals surface area contributed by atoms with Crippen LogP contribution < -0.4 is 5.73 Å². The Morgan fingerprint density at radius 3 is 2.67 bits per heavy atom. The van der Waals surface area contributed by atoms with E-state index in [1.807, 2.05) is 0 Å². The van der Waals surface area contributed by atoms with Gasteiger partial charge < -0.3 is 5.73 Å². The second-order valence-corrected chi connectivity index (χ2v) is 6.94. The van der Waals surface area contributed by atoms with Crippen molar-refractivity contribution >= 4 is 22.6 Å². The number of benzene rings is 1. The van der Waals surface area contributed by atoms with Crippen LogP contribution in [0, 0.1) is 15.4 Å². The van der Waals surface area contributed by atoms with Crippen molar-refractivity contribution in [2.45, 2.75) is 51.5 Å². The van der Waals surface area contributed by atoms with Gasteiger partial charge in [0.1, 0.15) is 0 Å². The predicted molar refractivity (Wildman–Crippen MR) is 86.6 cm³/mol. The molecule has 100 valence electrons. The van der Waals surface area contributed by atoms with Gasteiger partial charge in [-0.25, -0.2) is 0 Å². The van der Waals surface area contributed by atoms with Gasteiger partial charge in [0.2, 0.25) is 0 Å². The first-order valence-electron chi connectivity index (χ1n) is 7.19. The lowest BCUT2D eigenvalue weighted by molar-refractivity contribution is 0.228. The van der Waals surface area contributed by atoms with Gasteiger partial charge in [-0.2, -0.15) is 0 Å². The SMILES string of the molecule is CCC1CCCC(C(N)Cc2ccc(I)cc2)C1. The molecule has 1 saturated carbocycles. The first-order valence-corrected chi connectivity index (χ1v) is 8.27. The summed E-state index contributed by atoms with van der Waals surface area (Å²) >= 11 is 2.35. The third-order valence-corrected chi connectivity index (χ3v) is 5.11. The molecule has 2 N–H and O–H groups in total. The quantitative estimate of drug-likeness (QED) is 0.796. The van der Waals surface area contributed by atoms with Gasteiger partial charge in [-0.1, -0.05) is 38.3 Å². The van der Waals surface area contributed by atoms with Gasteiger partial charge in [0.05, 0.1) is 0 Å². The Balaban J connectivity index is 1.90. The third kappa shape index (κ3) is 3.95. The van der Waals surface area contributed by atoms with Gasteiger partial charge in [-0.05, 0) is 71.4 Å². The molecule has 0 aromatic heterocycles. The molecular formula is C16H24IN. The van der Waals surface area contributed by atoms with E-state index in [9.17, 15) is 0 Å². The number of nitrogens with two attached hydrogens (primary N) is 1. The summed E-state index contributed by atoms with van der Waals surface area (Å²) in [5, 5.41) is 0. The summed E-state index contributed by atoms with van der Waals surface area (Å²) in [6.45, 7) is 2.32. The molecule has 1 aliphatic carbocycles. The standard InChI is InChI=1S/C16H24IN/c1-2-12-4-3-5-14(10-12)16(18)11-13-6-8-15(17)9-7-13/h6-9,12,14,16H,2-5,10-11,18H2,1H3. The van der Waals surface area contributed by atoms with Crippen molar-refractivity contribution in [2.24, 2.45) is 17.6 Å². The van der Waals surface area contributed by atoms with E-state index < -0.39 is 0 Å². The van der Waals surface area contributed by atoms with Crippen molar-refractivity contribution in [3.8, 4) is 0 Å². The van der Waals surface area contributed by atoms with Crippen LogP contribution in [0.5, 0.6) is 0 Å². The molecule has 0 amide bonds. The Hall–Kier alpha value is -0.0900. The minimum atomic E-state index is 0.347. The van der Waals surface area contributed by atoms with Crippen LogP contribution in [0.2, 0.25) is 0 Å². The van der Waals surface area contributed by atoms with Crippen LogP contribution >= 0.6 is 22.6 Å². The monoisotopic (exact) mass is 357 g/mol. The minimum absolute atomic E-state index is 0.347. The predicted octanol–water partition coefficient (Wildman–Crippen LogP) is 4.38. The van der Waals surface area contributed by atoms with Crippen LogP contribution in [-0.4, -0.2) is 6.04 Å². The van der Waals surface area contributed by atoms with Crippen LogP contribution in [0.15, 0.2) is 24.3 Å². The summed E-state index contributed by atoms with van der Waals surface area (Å²) in [6.07, 6.45) is 7.85. The Kier molecular flexibility index (Phi) is 5.49. The molecule has 1 nitrogen and oxygen atoms in total. The van der Waals surface area contributed by atoms with Crippen LogP contribution in [-0.2, 0) is 6.42 Å². The molecule has 0 bridgehead atoms. The lowest BCUT2D eigenvalue weighted by Gasteiger charge is -2.32. The highest BCUT2D eigenvalue weighted by atomic mass is 127. The van der Waals surface area contributed by atoms with E-state index in [1.165, 1.54) is 41.2 Å². The molecule has 0 aliphatic heterocycles. The van der Waals surface area contributed by atoms with Gasteiger partial charge in [-0.15, -0.1) is 0 Å². The van der Waals surface area contributed by atoms with E-state index >= 15 is 0 Å². The summed E-state index contributed by atoms with van der Waals surface area (Å²) in [5.74, 6) is 1.66. The fraction of sp³-hybridized carbons (Fsp3) is 0.625. The molecule has 1 fully saturated rings. The second kappa shape index (κ2) is 6.90. The minimum Gasteiger partial charge on any atom is -0.327 e. The van der Waals surface area contributed by atoms with Crippen molar-refractivity contribution in [3.05, 3.63) is 33.4 Å². The van der Waals surface area contributed by atoms with Crippen molar-refractivity contribution in [1.82, 2.24) is 0 Å². The highest BCUT2D eigenvalue weighted by Gasteiger charge is 2.25. The molecular weight excluding hydrogens is 333 g/mol. The highest BCUT2D eigenvalue weighted by molar-refractivity contribution is 14.1. The number of halogens is 1. The van der Waals surface area contributed by atoms with E-state index in [-0.39, 0.29) is 0 Å². The lowest BCUT2D eigenvalue weighted by Crippen LogP contribution is -2.35. The molecule has 18 heavy (non-hydrogen) atoms.